The van der Waals surface area contributed by atoms with Gasteiger partial charge in [-0.3, -0.25) is 4.99 Å². The van der Waals surface area contributed by atoms with E-state index in [4.69, 9.17) is 9.73 Å². The van der Waals surface area contributed by atoms with Crippen molar-refractivity contribution in [2.24, 2.45) is 16.3 Å². The van der Waals surface area contributed by atoms with E-state index in [-0.39, 0.29) is 0 Å². The van der Waals surface area contributed by atoms with E-state index >= 15 is 0 Å². The first kappa shape index (κ1) is 19.5. The van der Waals surface area contributed by atoms with Gasteiger partial charge in [0.25, 0.3) is 0 Å². The molecule has 0 aromatic heterocycles. The van der Waals surface area contributed by atoms with E-state index in [0.29, 0.717) is 5.41 Å². The van der Waals surface area contributed by atoms with Gasteiger partial charge in [0.2, 0.25) is 0 Å². The van der Waals surface area contributed by atoms with Crippen LogP contribution in [0.1, 0.15) is 51.9 Å². The summed E-state index contributed by atoms with van der Waals surface area (Å²) in [6.45, 7) is 8.38. The smallest absolute Gasteiger partial charge is 0.191 e. The monoisotopic (exact) mass is 338 g/mol. The molecule has 0 spiro atoms. The summed E-state index contributed by atoms with van der Waals surface area (Å²) in [5.41, 5.74) is 0.395. The third-order valence-electron chi connectivity index (χ3n) is 5.85. The van der Waals surface area contributed by atoms with Crippen LogP contribution in [0.3, 0.4) is 0 Å². The molecule has 2 rings (SSSR count). The summed E-state index contributed by atoms with van der Waals surface area (Å²) in [4.78, 5) is 7.32. The Kier molecular flexibility index (Phi) is 8.33. The van der Waals surface area contributed by atoms with Crippen molar-refractivity contribution in [2.75, 3.05) is 53.5 Å². The molecule has 0 aromatic rings. The number of nitrogens with zero attached hydrogens (tertiary/aromatic N) is 2. The van der Waals surface area contributed by atoms with Crippen LogP contribution in [-0.2, 0) is 4.74 Å². The van der Waals surface area contributed by atoms with E-state index in [0.717, 1.165) is 44.5 Å². The zero-order valence-electron chi connectivity index (χ0n) is 16.1. The van der Waals surface area contributed by atoms with Gasteiger partial charge in [0.15, 0.2) is 5.96 Å². The van der Waals surface area contributed by atoms with Crippen molar-refractivity contribution in [1.82, 2.24) is 15.5 Å². The van der Waals surface area contributed by atoms with Crippen LogP contribution in [0.5, 0.6) is 0 Å². The predicted octanol–water partition coefficient (Wildman–Crippen LogP) is 2.48. The maximum atomic E-state index is 5.28. The van der Waals surface area contributed by atoms with Crippen LogP contribution in [0.15, 0.2) is 4.99 Å². The first-order valence-corrected chi connectivity index (χ1v) is 9.87. The van der Waals surface area contributed by atoms with Crippen LogP contribution >= 0.6 is 0 Å². The van der Waals surface area contributed by atoms with Gasteiger partial charge in [-0.1, -0.05) is 6.42 Å². The average molecular weight is 339 g/mol. The van der Waals surface area contributed by atoms with E-state index in [1.165, 1.54) is 51.6 Å². The second kappa shape index (κ2) is 10.2. The first-order chi connectivity index (χ1) is 11.7. The van der Waals surface area contributed by atoms with E-state index < -0.39 is 0 Å². The largest absolute Gasteiger partial charge is 0.385 e. The quantitative estimate of drug-likeness (QED) is 0.501. The molecule has 2 fully saturated rings. The summed E-state index contributed by atoms with van der Waals surface area (Å²) in [6, 6.07) is 0. The topological polar surface area (TPSA) is 48.9 Å². The molecular weight excluding hydrogens is 300 g/mol. The molecule has 140 valence electrons. The number of likely N-dealkylation sites (tertiary alicyclic amines) is 1. The van der Waals surface area contributed by atoms with Crippen molar-refractivity contribution >= 4 is 5.96 Å². The van der Waals surface area contributed by atoms with Gasteiger partial charge in [-0.05, 0) is 76.9 Å². The molecule has 0 atom stereocenters. The summed E-state index contributed by atoms with van der Waals surface area (Å²) >= 11 is 0. The first-order valence-electron chi connectivity index (χ1n) is 9.87. The molecule has 0 unspecified atom stereocenters. The number of hydrogen-bond acceptors (Lipinski definition) is 3. The molecule has 1 aliphatic heterocycles. The lowest BCUT2D eigenvalue weighted by molar-refractivity contribution is 0.0778. The highest BCUT2D eigenvalue weighted by Crippen LogP contribution is 2.44. The molecule has 2 N–H and O–H groups in total. The Morgan fingerprint density at radius 3 is 2.58 bits per heavy atom. The molecule has 1 aliphatic carbocycles. The number of nitrogens with one attached hydrogen (secondary N) is 2. The Morgan fingerprint density at radius 1 is 1.25 bits per heavy atom. The fourth-order valence-corrected chi connectivity index (χ4v) is 3.82. The molecule has 2 aliphatic rings. The minimum absolute atomic E-state index is 0.395. The maximum absolute atomic E-state index is 5.28. The summed E-state index contributed by atoms with van der Waals surface area (Å²) in [5, 5.41) is 6.95. The second-order valence-corrected chi connectivity index (χ2v) is 7.75. The van der Waals surface area contributed by atoms with Crippen molar-refractivity contribution in [2.45, 2.75) is 51.9 Å². The average Bonchev–Trinajstić information content (AvgIpc) is 2.55. The molecule has 0 aromatic carbocycles. The Balaban J connectivity index is 1.73. The molecule has 0 radical (unpaired) electrons. The molecule has 24 heavy (non-hydrogen) atoms. The fraction of sp³-hybridized carbons (Fsp3) is 0.947. The second-order valence-electron chi connectivity index (χ2n) is 7.75. The molecule has 5 heteroatoms. The van der Waals surface area contributed by atoms with Gasteiger partial charge >= 0.3 is 0 Å². The minimum atomic E-state index is 0.395. The van der Waals surface area contributed by atoms with Crippen molar-refractivity contribution in [1.29, 1.82) is 0 Å². The number of guanidine groups is 1. The number of rotatable bonds is 9. The van der Waals surface area contributed by atoms with Gasteiger partial charge in [-0.15, -0.1) is 0 Å². The van der Waals surface area contributed by atoms with Crippen LogP contribution in [0.2, 0.25) is 0 Å². The summed E-state index contributed by atoms with van der Waals surface area (Å²) in [6.07, 6.45) is 9.02. The van der Waals surface area contributed by atoms with Crippen molar-refractivity contribution < 1.29 is 4.74 Å². The summed E-state index contributed by atoms with van der Waals surface area (Å²) < 4.78 is 5.28. The highest BCUT2D eigenvalue weighted by Gasteiger charge is 2.36. The zero-order chi connectivity index (χ0) is 17.3. The summed E-state index contributed by atoms with van der Waals surface area (Å²) in [5.74, 6) is 1.87. The normalized spacial score (nSPS) is 22.2. The number of aliphatic imine (C=N–C) groups is 1. The van der Waals surface area contributed by atoms with Crippen LogP contribution in [0.25, 0.3) is 0 Å². The van der Waals surface area contributed by atoms with E-state index in [1.807, 2.05) is 0 Å². The SMILES string of the molecule is CCNC(=NCC1(CCOC)CCC1)NCCC1CCN(C)CC1. The molecular formula is C19H38N4O. The molecule has 1 heterocycles. The van der Waals surface area contributed by atoms with E-state index in [9.17, 15) is 0 Å². The van der Waals surface area contributed by atoms with Crippen molar-refractivity contribution in [3.63, 3.8) is 0 Å². The zero-order valence-corrected chi connectivity index (χ0v) is 16.1. The number of piperidine rings is 1. The summed E-state index contributed by atoms with van der Waals surface area (Å²) in [7, 11) is 4.02. The van der Waals surface area contributed by atoms with Gasteiger partial charge in [-0.25, -0.2) is 0 Å². The van der Waals surface area contributed by atoms with Crippen molar-refractivity contribution in [3.8, 4) is 0 Å². The van der Waals surface area contributed by atoms with Gasteiger partial charge < -0.3 is 20.3 Å². The predicted molar refractivity (Wildman–Crippen MR) is 102 cm³/mol. The third kappa shape index (κ3) is 6.25. The number of ether oxygens (including phenoxy) is 1. The third-order valence-corrected chi connectivity index (χ3v) is 5.85. The highest BCUT2D eigenvalue weighted by molar-refractivity contribution is 5.79. The number of methoxy groups -OCH3 is 1. The van der Waals surface area contributed by atoms with Crippen LogP contribution < -0.4 is 10.6 Å². The molecule has 0 amide bonds. The van der Waals surface area contributed by atoms with Gasteiger partial charge in [0.05, 0.1) is 0 Å². The van der Waals surface area contributed by atoms with E-state index in [1.54, 1.807) is 7.11 Å². The van der Waals surface area contributed by atoms with Gasteiger partial charge in [0, 0.05) is 33.4 Å². The molecule has 0 bridgehead atoms. The molecule has 1 saturated carbocycles. The Bertz CT molecular complexity index is 374. The Hall–Kier alpha value is -0.810. The van der Waals surface area contributed by atoms with E-state index in [2.05, 4.69) is 29.5 Å². The lowest BCUT2D eigenvalue weighted by Gasteiger charge is -2.40. The lowest BCUT2D eigenvalue weighted by Crippen LogP contribution is -2.41. The number of hydrogen-bond donors (Lipinski definition) is 2. The Morgan fingerprint density at radius 2 is 2.00 bits per heavy atom. The van der Waals surface area contributed by atoms with Crippen LogP contribution in [0, 0.1) is 11.3 Å². The standard InChI is InChI=1S/C19H38N4O/c1-4-20-18(21-12-6-17-7-13-23(2)14-8-17)22-16-19(9-5-10-19)11-15-24-3/h17H,4-16H2,1-3H3,(H2,20,21,22). The van der Waals surface area contributed by atoms with Crippen molar-refractivity contribution in [3.05, 3.63) is 0 Å². The van der Waals surface area contributed by atoms with Gasteiger partial charge in [0.1, 0.15) is 0 Å². The van der Waals surface area contributed by atoms with Gasteiger partial charge in [-0.2, -0.15) is 0 Å². The highest BCUT2D eigenvalue weighted by atomic mass is 16.5. The molecule has 5 nitrogen and oxygen atoms in total. The van der Waals surface area contributed by atoms with Crippen LogP contribution in [-0.4, -0.2) is 64.3 Å². The minimum Gasteiger partial charge on any atom is -0.385 e. The lowest BCUT2D eigenvalue weighted by atomic mass is 9.67. The van der Waals surface area contributed by atoms with Crippen LogP contribution in [0.4, 0.5) is 0 Å². The fourth-order valence-electron chi connectivity index (χ4n) is 3.82. The Labute approximate surface area is 148 Å². The maximum Gasteiger partial charge on any atom is 0.191 e. The molecule has 1 saturated heterocycles.